The number of benzene rings is 1. The average molecular weight is 351 g/mol. The van der Waals surface area contributed by atoms with Crippen LogP contribution in [-0.4, -0.2) is 23.3 Å². The molecule has 2 aromatic rings. The van der Waals surface area contributed by atoms with Crippen molar-refractivity contribution >= 4 is 34.7 Å². The predicted molar refractivity (Wildman–Crippen MR) is 97.8 cm³/mol. The molecule has 0 fully saturated rings. The van der Waals surface area contributed by atoms with Gasteiger partial charge < -0.3 is 10.1 Å². The summed E-state index contributed by atoms with van der Waals surface area (Å²) in [6.07, 6.45) is 0. The molecule has 4 nitrogen and oxygen atoms in total. The summed E-state index contributed by atoms with van der Waals surface area (Å²) in [5, 5.41) is 4.95. The molecule has 0 aliphatic heterocycles. The number of carbonyl (C=O) groups excluding carboxylic acids is 1. The van der Waals surface area contributed by atoms with Gasteiger partial charge >= 0.3 is 0 Å². The molecule has 0 saturated heterocycles. The highest BCUT2D eigenvalue weighted by Crippen LogP contribution is 2.29. The van der Waals surface area contributed by atoms with Gasteiger partial charge in [-0.2, -0.15) is 0 Å². The maximum absolute atomic E-state index is 12.1. The van der Waals surface area contributed by atoms with Crippen LogP contribution in [0.1, 0.15) is 33.4 Å². The molecule has 1 N–H and O–H groups in total. The van der Waals surface area contributed by atoms with Crippen molar-refractivity contribution in [2.75, 3.05) is 17.7 Å². The molecule has 23 heavy (non-hydrogen) atoms. The molecule has 1 amide bonds. The van der Waals surface area contributed by atoms with Gasteiger partial charge in [-0.15, -0.1) is 11.3 Å². The van der Waals surface area contributed by atoms with Crippen LogP contribution in [0.15, 0.2) is 34.0 Å². The van der Waals surface area contributed by atoms with Gasteiger partial charge in [-0.3, -0.25) is 4.79 Å². The second-order valence-electron chi connectivity index (χ2n) is 6.01. The fraction of sp³-hybridized carbons (Fsp3) is 0.412. The summed E-state index contributed by atoms with van der Waals surface area (Å²) >= 11 is 3.04. The summed E-state index contributed by atoms with van der Waals surface area (Å²) in [5.41, 5.74) is 1.80. The Labute approximate surface area is 145 Å². The number of hydrogen-bond acceptors (Lipinski definition) is 5. The molecule has 2 rings (SSSR count). The molecule has 0 unspecified atom stereocenters. The molecule has 0 aliphatic carbocycles. The molecule has 0 aliphatic rings. The number of carbonyl (C=O) groups is 1. The number of hydrogen-bond donors (Lipinski definition) is 1. The van der Waals surface area contributed by atoms with Crippen LogP contribution >= 0.6 is 23.1 Å². The van der Waals surface area contributed by atoms with Crippen LogP contribution in [-0.2, 0) is 10.2 Å². The summed E-state index contributed by atoms with van der Waals surface area (Å²) in [5.74, 6) is 0.963. The number of anilines is 1. The number of amides is 1. The van der Waals surface area contributed by atoms with E-state index in [0.717, 1.165) is 10.0 Å². The van der Waals surface area contributed by atoms with Gasteiger partial charge in [0.2, 0.25) is 5.91 Å². The van der Waals surface area contributed by atoms with Crippen molar-refractivity contribution < 1.29 is 9.53 Å². The number of rotatable bonds is 6. The Morgan fingerprint density at radius 2 is 2.09 bits per heavy atom. The molecule has 6 heteroatoms. The van der Waals surface area contributed by atoms with Crippen LogP contribution < -0.4 is 10.1 Å². The van der Waals surface area contributed by atoms with E-state index in [1.807, 2.05) is 31.2 Å². The number of nitrogens with one attached hydrogen (secondary N) is 1. The Kier molecular flexibility index (Phi) is 6.07. The monoisotopic (exact) mass is 350 g/mol. The minimum atomic E-state index is -0.0605. The zero-order valence-corrected chi connectivity index (χ0v) is 15.5. The van der Waals surface area contributed by atoms with Crippen molar-refractivity contribution in [2.45, 2.75) is 37.4 Å². The van der Waals surface area contributed by atoms with Gasteiger partial charge in [0, 0.05) is 10.8 Å². The zero-order valence-electron chi connectivity index (χ0n) is 13.9. The maximum atomic E-state index is 12.1. The van der Waals surface area contributed by atoms with Crippen LogP contribution in [0.5, 0.6) is 5.75 Å². The second-order valence-corrected chi connectivity index (χ2v) is 8.10. The Morgan fingerprint density at radius 3 is 2.74 bits per heavy atom. The molecule has 1 aromatic heterocycles. The Morgan fingerprint density at radius 1 is 1.35 bits per heavy atom. The topological polar surface area (TPSA) is 51.2 Å². The Balaban J connectivity index is 1.92. The van der Waals surface area contributed by atoms with E-state index < -0.39 is 0 Å². The quantitative estimate of drug-likeness (QED) is 0.775. The summed E-state index contributed by atoms with van der Waals surface area (Å²) < 4.78 is 6.43. The average Bonchev–Trinajstić information content (AvgIpc) is 2.96. The fourth-order valence-electron chi connectivity index (χ4n) is 1.83. The van der Waals surface area contributed by atoms with Crippen molar-refractivity contribution in [1.29, 1.82) is 0 Å². The maximum Gasteiger partial charge on any atom is 0.234 e. The molecule has 1 heterocycles. The number of thiazole rings is 1. The van der Waals surface area contributed by atoms with Crippen molar-refractivity contribution in [3.8, 4) is 5.75 Å². The standard InChI is InChI=1S/C17H22N2O2S2/c1-5-21-13-9-7-6-8-12(13)18-15(20)11-23-16-19-14(10-22-16)17(2,3)4/h6-10H,5,11H2,1-4H3,(H,18,20). The van der Waals surface area contributed by atoms with E-state index in [-0.39, 0.29) is 11.3 Å². The number of para-hydroxylation sites is 2. The van der Waals surface area contributed by atoms with Gasteiger partial charge in [0.05, 0.1) is 23.7 Å². The first-order valence-corrected chi connectivity index (χ1v) is 9.37. The van der Waals surface area contributed by atoms with Crippen molar-refractivity contribution in [2.24, 2.45) is 0 Å². The van der Waals surface area contributed by atoms with E-state index in [9.17, 15) is 4.79 Å². The smallest absolute Gasteiger partial charge is 0.234 e. The molecule has 1 aromatic carbocycles. The van der Waals surface area contributed by atoms with E-state index in [2.05, 4.69) is 36.5 Å². The SMILES string of the molecule is CCOc1ccccc1NC(=O)CSc1nc(C(C)(C)C)cs1. The van der Waals surface area contributed by atoms with Gasteiger partial charge in [-0.05, 0) is 19.1 Å². The minimum absolute atomic E-state index is 0.0357. The van der Waals surface area contributed by atoms with Gasteiger partial charge in [0.25, 0.3) is 0 Å². The van der Waals surface area contributed by atoms with Gasteiger partial charge in [0.1, 0.15) is 5.75 Å². The normalized spacial score (nSPS) is 11.3. The summed E-state index contributed by atoms with van der Waals surface area (Å²) in [7, 11) is 0. The van der Waals surface area contributed by atoms with Crippen molar-refractivity contribution in [1.82, 2.24) is 4.98 Å². The third kappa shape index (κ3) is 5.25. The molecular formula is C17H22N2O2S2. The highest BCUT2D eigenvalue weighted by molar-refractivity contribution is 8.01. The van der Waals surface area contributed by atoms with E-state index in [0.29, 0.717) is 23.8 Å². The summed E-state index contributed by atoms with van der Waals surface area (Å²) in [6, 6.07) is 7.46. The highest BCUT2D eigenvalue weighted by atomic mass is 32.2. The fourth-order valence-corrected chi connectivity index (χ4v) is 3.69. The van der Waals surface area contributed by atoms with Crippen molar-refractivity contribution in [3.05, 3.63) is 35.3 Å². The third-order valence-electron chi connectivity index (χ3n) is 3.04. The molecule has 0 spiro atoms. The van der Waals surface area contributed by atoms with Crippen LogP contribution in [0, 0.1) is 0 Å². The lowest BCUT2D eigenvalue weighted by atomic mass is 9.93. The van der Waals surface area contributed by atoms with Gasteiger partial charge in [-0.25, -0.2) is 4.98 Å². The largest absolute Gasteiger partial charge is 0.492 e. The van der Waals surface area contributed by atoms with E-state index in [1.165, 1.54) is 11.8 Å². The first-order chi connectivity index (χ1) is 10.9. The third-order valence-corrected chi connectivity index (χ3v) is 5.06. The van der Waals surface area contributed by atoms with Crippen LogP contribution in [0.25, 0.3) is 0 Å². The van der Waals surface area contributed by atoms with Gasteiger partial charge in [-0.1, -0.05) is 44.7 Å². The zero-order chi connectivity index (χ0) is 16.9. The Bertz CT molecular complexity index is 663. The van der Waals surface area contributed by atoms with E-state index in [1.54, 1.807) is 11.3 Å². The first kappa shape index (κ1) is 17.8. The van der Waals surface area contributed by atoms with Crippen molar-refractivity contribution in [3.63, 3.8) is 0 Å². The van der Waals surface area contributed by atoms with Crippen LogP contribution in [0.2, 0.25) is 0 Å². The molecule has 0 atom stereocenters. The van der Waals surface area contributed by atoms with Crippen LogP contribution in [0.3, 0.4) is 0 Å². The number of nitrogens with zero attached hydrogens (tertiary/aromatic N) is 1. The minimum Gasteiger partial charge on any atom is -0.492 e. The number of aromatic nitrogens is 1. The van der Waals surface area contributed by atoms with Crippen LogP contribution in [0.4, 0.5) is 5.69 Å². The molecular weight excluding hydrogens is 328 g/mol. The van der Waals surface area contributed by atoms with E-state index >= 15 is 0 Å². The molecule has 124 valence electrons. The highest BCUT2D eigenvalue weighted by Gasteiger charge is 2.18. The summed E-state index contributed by atoms with van der Waals surface area (Å²) in [6.45, 7) is 8.88. The predicted octanol–water partition coefficient (Wildman–Crippen LogP) is 4.57. The number of ether oxygens (including phenoxy) is 1. The molecule has 0 radical (unpaired) electrons. The summed E-state index contributed by atoms with van der Waals surface area (Å²) in [4.78, 5) is 16.7. The first-order valence-electron chi connectivity index (χ1n) is 7.50. The Hall–Kier alpha value is -1.53. The van der Waals surface area contributed by atoms with Gasteiger partial charge in [0.15, 0.2) is 4.34 Å². The van der Waals surface area contributed by atoms with E-state index in [4.69, 9.17) is 4.74 Å². The second kappa shape index (κ2) is 7.84. The lowest BCUT2D eigenvalue weighted by Gasteiger charge is -2.14. The lowest BCUT2D eigenvalue weighted by molar-refractivity contribution is -0.113. The molecule has 0 saturated carbocycles. The molecule has 0 bridgehead atoms. The number of thioether (sulfide) groups is 1. The lowest BCUT2D eigenvalue weighted by Crippen LogP contribution is -2.15.